The molecule has 9 aromatic carbocycles. The highest BCUT2D eigenvalue weighted by molar-refractivity contribution is 6.20. The van der Waals surface area contributed by atoms with Crippen molar-refractivity contribution in [3.8, 4) is 44.5 Å². The van der Waals surface area contributed by atoms with Crippen LogP contribution in [0, 0.1) is 0 Å². The molecular weight excluding hydrogens is 695 g/mol. The van der Waals surface area contributed by atoms with Crippen LogP contribution in [0.15, 0.2) is 221 Å². The van der Waals surface area contributed by atoms with E-state index in [1.807, 2.05) is 12.1 Å². The molecule has 11 aromatic rings. The second kappa shape index (κ2) is 13.6. The van der Waals surface area contributed by atoms with E-state index in [1.165, 1.54) is 11.1 Å². The molecule has 3 heteroatoms. The third-order valence-electron chi connectivity index (χ3n) is 11.1. The molecular formula is C54H35NO2. The predicted molar refractivity (Wildman–Crippen MR) is 237 cm³/mol. The smallest absolute Gasteiger partial charge is 0.159 e. The number of furan rings is 2. The molecule has 11 rings (SSSR count). The van der Waals surface area contributed by atoms with Gasteiger partial charge in [0.05, 0.1) is 16.8 Å². The quantitative estimate of drug-likeness (QED) is 0.164. The van der Waals surface area contributed by atoms with Gasteiger partial charge in [-0.2, -0.15) is 0 Å². The molecule has 0 saturated heterocycles. The Morgan fingerprint density at radius 1 is 0.281 bits per heavy atom. The average molecular weight is 730 g/mol. The maximum atomic E-state index is 7.21. The molecule has 3 nitrogen and oxygen atoms in total. The zero-order chi connectivity index (χ0) is 37.7. The zero-order valence-corrected chi connectivity index (χ0v) is 31.0. The molecule has 57 heavy (non-hydrogen) atoms. The summed E-state index contributed by atoms with van der Waals surface area (Å²) in [7, 11) is 0. The summed E-state index contributed by atoms with van der Waals surface area (Å²) in [4.78, 5) is 2.33. The molecule has 0 radical (unpaired) electrons. The van der Waals surface area contributed by atoms with Gasteiger partial charge >= 0.3 is 0 Å². The van der Waals surface area contributed by atoms with Crippen LogP contribution in [-0.4, -0.2) is 0 Å². The van der Waals surface area contributed by atoms with Gasteiger partial charge in [-0.1, -0.05) is 170 Å². The second-order valence-corrected chi connectivity index (χ2v) is 14.4. The highest BCUT2D eigenvalue weighted by Crippen LogP contribution is 2.49. The van der Waals surface area contributed by atoms with E-state index in [0.29, 0.717) is 0 Å². The van der Waals surface area contributed by atoms with Crippen molar-refractivity contribution in [1.29, 1.82) is 0 Å². The Morgan fingerprint density at radius 2 is 0.772 bits per heavy atom. The lowest BCUT2D eigenvalue weighted by molar-refractivity contribution is 0.668. The fourth-order valence-electron chi connectivity index (χ4n) is 8.41. The number of anilines is 3. The lowest BCUT2D eigenvalue weighted by atomic mass is 9.94. The molecule has 0 aliphatic carbocycles. The second-order valence-electron chi connectivity index (χ2n) is 14.4. The first-order chi connectivity index (χ1) is 28.3. The Kier molecular flexibility index (Phi) is 7.82. The number of hydrogen-bond donors (Lipinski definition) is 0. The Bertz CT molecular complexity index is 3200. The van der Waals surface area contributed by atoms with Gasteiger partial charge in [0.15, 0.2) is 5.58 Å². The number of para-hydroxylation sites is 2. The summed E-state index contributed by atoms with van der Waals surface area (Å²) in [6.45, 7) is 0. The first kappa shape index (κ1) is 32.8. The summed E-state index contributed by atoms with van der Waals surface area (Å²) in [5.41, 5.74) is 15.5. The molecule has 0 bridgehead atoms. The van der Waals surface area contributed by atoms with Gasteiger partial charge in [0.1, 0.15) is 16.7 Å². The molecule has 0 N–H and O–H groups in total. The molecule has 2 heterocycles. The van der Waals surface area contributed by atoms with Crippen molar-refractivity contribution in [2.75, 3.05) is 4.90 Å². The maximum Gasteiger partial charge on any atom is 0.159 e. The van der Waals surface area contributed by atoms with Gasteiger partial charge in [0.25, 0.3) is 0 Å². The summed E-state index contributed by atoms with van der Waals surface area (Å²) in [5.74, 6) is 0. The van der Waals surface area contributed by atoms with E-state index in [2.05, 4.69) is 205 Å². The van der Waals surface area contributed by atoms with E-state index < -0.39 is 0 Å². The first-order valence-electron chi connectivity index (χ1n) is 19.3. The van der Waals surface area contributed by atoms with E-state index in [0.717, 1.165) is 94.3 Å². The van der Waals surface area contributed by atoms with Gasteiger partial charge in [-0.15, -0.1) is 0 Å². The van der Waals surface area contributed by atoms with Gasteiger partial charge in [-0.05, 0) is 81.4 Å². The topological polar surface area (TPSA) is 29.5 Å². The van der Waals surface area contributed by atoms with Crippen molar-refractivity contribution in [2.24, 2.45) is 0 Å². The summed E-state index contributed by atoms with van der Waals surface area (Å²) in [6, 6.07) is 74.9. The van der Waals surface area contributed by atoms with Crippen LogP contribution in [-0.2, 0) is 0 Å². The van der Waals surface area contributed by atoms with E-state index in [9.17, 15) is 0 Å². The maximum absolute atomic E-state index is 7.21. The van der Waals surface area contributed by atoms with Crippen molar-refractivity contribution >= 4 is 60.9 Å². The van der Waals surface area contributed by atoms with E-state index in [-0.39, 0.29) is 0 Å². The minimum Gasteiger partial charge on any atom is -0.456 e. The zero-order valence-electron chi connectivity index (χ0n) is 31.0. The van der Waals surface area contributed by atoms with Crippen molar-refractivity contribution in [2.45, 2.75) is 0 Å². The van der Waals surface area contributed by atoms with Crippen LogP contribution in [0.25, 0.3) is 88.4 Å². The van der Waals surface area contributed by atoms with Crippen LogP contribution < -0.4 is 4.90 Å². The third kappa shape index (κ3) is 5.60. The summed E-state index contributed by atoms with van der Waals surface area (Å²) in [5, 5.41) is 4.28. The Labute approximate surface area is 330 Å². The molecule has 0 fully saturated rings. The van der Waals surface area contributed by atoms with Gasteiger partial charge in [-0.25, -0.2) is 0 Å². The highest BCUT2D eigenvalue weighted by atomic mass is 16.3. The Balaban J connectivity index is 1.14. The van der Waals surface area contributed by atoms with Crippen molar-refractivity contribution in [1.82, 2.24) is 0 Å². The van der Waals surface area contributed by atoms with Gasteiger partial charge in [-0.3, -0.25) is 0 Å². The molecule has 0 amide bonds. The molecule has 0 aliphatic heterocycles. The standard InChI is InChI=1S/C54H35NO2/c1-4-14-36(15-5-1)37-26-28-38(29-27-37)39-30-32-42(33-31-39)55(47-22-13-25-50-52(47)45-20-10-11-24-49(45)56-50)48-23-12-21-46-51-43(40-16-6-2-7-17-40)34-35-44(54(51)57-53(46)48)41-18-8-3-9-19-41/h1-35H. The highest BCUT2D eigenvalue weighted by Gasteiger charge is 2.25. The van der Waals surface area contributed by atoms with Crippen LogP contribution in [0.2, 0.25) is 0 Å². The number of benzene rings is 9. The van der Waals surface area contributed by atoms with E-state index in [4.69, 9.17) is 8.83 Å². The molecule has 0 spiro atoms. The summed E-state index contributed by atoms with van der Waals surface area (Å²) < 4.78 is 13.7. The fraction of sp³-hybridized carbons (Fsp3) is 0. The van der Waals surface area contributed by atoms with Gasteiger partial charge in [0.2, 0.25) is 0 Å². The molecule has 0 unspecified atom stereocenters. The lowest BCUT2D eigenvalue weighted by Gasteiger charge is -2.26. The van der Waals surface area contributed by atoms with Crippen molar-refractivity contribution < 1.29 is 8.83 Å². The summed E-state index contributed by atoms with van der Waals surface area (Å²) >= 11 is 0. The minimum absolute atomic E-state index is 0.818. The predicted octanol–water partition coefficient (Wildman–Crippen LogP) is 15.6. The van der Waals surface area contributed by atoms with Crippen molar-refractivity contribution in [3.63, 3.8) is 0 Å². The lowest BCUT2D eigenvalue weighted by Crippen LogP contribution is -2.10. The minimum atomic E-state index is 0.818. The normalized spacial score (nSPS) is 11.5. The number of hydrogen-bond acceptors (Lipinski definition) is 3. The number of nitrogens with zero attached hydrogens (tertiary/aromatic N) is 1. The van der Waals surface area contributed by atoms with Crippen molar-refractivity contribution in [3.05, 3.63) is 212 Å². The van der Waals surface area contributed by atoms with Crippen LogP contribution >= 0.6 is 0 Å². The molecule has 268 valence electrons. The molecule has 0 saturated carbocycles. The van der Waals surface area contributed by atoms with Crippen LogP contribution in [0.4, 0.5) is 17.1 Å². The average Bonchev–Trinajstić information content (AvgIpc) is 3.88. The van der Waals surface area contributed by atoms with Crippen LogP contribution in [0.5, 0.6) is 0 Å². The SMILES string of the molecule is c1ccc(-c2ccc(-c3ccc(N(c4cccc5c4oc4c(-c6ccccc6)ccc(-c6ccccc6)c45)c4cccc5oc6ccccc6c45)cc3)cc2)cc1. The summed E-state index contributed by atoms with van der Waals surface area (Å²) in [6.07, 6.45) is 0. The molecule has 0 aliphatic rings. The van der Waals surface area contributed by atoms with Gasteiger partial charge in [0, 0.05) is 27.4 Å². The van der Waals surface area contributed by atoms with Crippen LogP contribution in [0.3, 0.4) is 0 Å². The third-order valence-corrected chi connectivity index (χ3v) is 11.1. The molecule has 0 atom stereocenters. The molecule has 2 aromatic heterocycles. The largest absolute Gasteiger partial charge is 0.456 e. The number of rotatable bonds is 7. The van der Waals surface area contributed by atoms with Gasteiger partial charge < -0.3 is 13.7 Å². The van der Waals surface area contributed by atoms with E-state index in [1.54, 1.807) is 0 Å². The van der Waals surface area contributed by atoms with E-state index >= 15 is 0 Å². The Hall–Kier alpha value is -7.62. The van der Waals surface area contributed by atoms with Crippen LogP contribution in [0.1, 0.15) is 0 Å². The number of fused-ring (bicyclic) bond motifs is 6. The first-order valence-corrected chi connectivity index (χ1v) is 19.3. The fourth-order valence-corrected chi connectivity index (χ4v) is 8.41. The Morgan fingerprint density at radius 3 is 1.46 bits per heavy atom. The monoisotopic (exact) mass is 729 g/mol.